The Hall–Kier alpha value is -1.96. The number of nitrogens with zero attached hydrogens (tertiary/aromatic N) is 1. The van der Waals surface area contributed by atoms with Crippen LogP contribution in [0.2, 0.25) is 0 Å². The van der Waals surface area contributed by atoms with Gasteiger partial charge in [-0.2, -0.15) is 0 Å². The third-order valence-electron chi connectivity index (χ3n) is 8.41. The van der Waals surface area contributed by atoms with Crippen molar-refractivity contribution in [2.75, 3.05) is 6.54 Å². The Kier molecular flexibility index (Phi) is 12.5. The number of carbonyl (C=O) groups excluding carboxylic acids is 2. The fourth-order valence-electron chi connectivity index (χ4n) is 6.14. The van der Waals surface area contributed by atoms with Crippen molar-refractivity contribution in [3.63, 3.8) is 0 Å². The van der Waals surface area contributed by atoms with E-state index in [1.165, 1.54) is 6.42 Å². The molecule has 40 heavy (non-hydrogen) atoms. The summed E-state index contributed by atoms with van der Waals surface area (Å²) in [4.78, 5) is 29.1. The first-order chi connectivity index (χ1) is 18.9. The van der Waals surface area contributed by atoms with Gasteiger partial charge in [0, 0.05) is 25.4 Å². The molecule has 3 rings (SSSR count). The Morgan fingerprint density at radius 1 is 0.975 bits per heavy atom. The van der Waals surface area contributed by atoms with Crippen LogP contribution < -0.4 is 5.32 Å². The fourth-order valence-corrected chi connectivity index (χ4v) is 6.14. The first kappa shape index (κ1) is 32.6. The van der Waals surface area contributed by atoms with Crippen LogP contribution in [0, 0.1) is 23.7 Å². The van der Waals surface area contributed by atoms with Crippen LogP contribution in [0.5, 0.6) is 0 Å². The number of carbonyl (C=O) groups is 2. The van der Waals surface area contributed by atoms with Gasteiger partial charge in [-0.05, 0) is 56.4 Å². The van der Waals surface area contributed by atoms with Crippen LogP contribution in [0.15, 0.2) is 30.3 Å². The maximum atomic E-state index is 13.8. The second-order valence-corrected chi connectivity index (χ2v) is 13.7. The number of nitrogens with one attached hydrogen (secondary N) is 1. The minimum atomic E-state index is -1.07. The van der Waals surface area contributed by atoms with Crippen molar-refractivity contribution in [1.82, 2.24) is 10.2 Å². The van der Waals surface area contributed by atoms with Gasteiger partial charge in [-0.1, -0.05) is 89.1 Å². The Balaban J connectivity index is 1.74. The maximum absolute atomic E-state index is 13.8. The van der Waals surface area contributed by atoms with E-state index in [0.717, 1.165) is 44.1 Å². The fraction of sp³-hybridized carbons (Fsp3) is 0.758. The number of hydrogen-bond acceptors (Lipinski definition) is 5. The molecule has 7 nitrogen and oxygen atoms in total. The van der Waals surface area contributed by atoms with Crippen LogP contribution in [-0.2, 0) is 16.1 Å². The lowest BCUT2D eigenvalue weighted by molar-refractivity contribution is -0.140. The van der Waals surface area contributed by atoms with Gasteiger partial charge in [-0.25, -0.2) is 0 Å². The molecule has 2 fully saturated rings. The third kappa shape index (κ3) is 11.5. The first-order valence-electron chi connectivity index (χ1n) is 15.6. The summed E-state index contributed by atoms with van der Waals surface area (Å²) in [5.41, 5.74) is -0.0985. The lowest BCUT2D eigenvalue weighted by Crippen LogP contribution is -2.52. The molecule has 4 N–H and O–H groups in total. The summed E-state index contributed by atoms with van der Waals surface area (Å²) in [5.74, 6) is 0.201. The summed E-state index contributed by atoms with van der Waals surface area (Å²) < 4.78 is 0. The molecule has 2 amide bonds. The molecule has 4 atom stereocenters. The molecule has 0 heterocycles. The molecule has 0 aliphatic heterocycles. The molecule has 2 saturated carbocycles. The molecule has 1 aromatic carbocycles. The molecule has 0 unspecified atom stereocenters. The Labute approximate surface area is 241 Å². The molecule has 0 radical (unpaired) electrons. The predicted octanol–water partition coefficient (Wildman–Crippen LogP) is 4.82. The second-order valence-electron chi connectivity index (χ2n) is 13.7. The minimum Gasteiger partial charge on any atom is -0.390 e. The van der Waals surface area contributed by atoms with Crippen molar-refractivity contribution in [3.8, 4) is 0 Å². The van der Waals surface area contributed by atoms with Crippen molar-refractivity contribution >= 4 is 11.8 Å². The molecule has 2 aliphatic carbocycles. The van der Waals surface area contributed by atoms with E-state index in [2.05, 4.69) is 5.32 Å². The van der Waals surface area contributed by atoms with Crippen LogP contribution in [0.1, 0.15) is 104 Å². The number of rotatable bonds is 16. The summed E-state index contributed by atoms with van der Waals surface area (Å²) in [6.45, 7) is 7.93. The molecule has 0 saturated heterocycles. The van der Waals surface area contributed by atoms with E-state index < -0.39 is 29.8 Å². The van der Waals surface area contributed by atoms with Gasteiger partial charge in [0.2, 0.25) is 11.8 Å². The van der Waals surface area contributed by atoms with Gasteiger partial charge in [0.25, 0.3) is 0 Å². The normalized spacial score (nSPS) is 19.6. The molecule has 1 aromatic rings. The van der Waals surface area contributed by atoms with E-state index in [1.54, 1.807) is 18.7 Å². The van der Waals surface area contributed by atoms with E-state index in [4.69, 9.17) is 0 Å². The van der Waals surface area contributed by atoms with Crippen LogP contribution in [-0.4, -0.2) is 62.4 Å². The van der Waals surface area contributed by atoms with Crippen molar-refractivity contribution in [2.24, 2.45) is 23.7 Å². The zero-order chi connectivity index (χ0) is 29.3. The number of hydrogen-bond donors (Lipinski definition) is 4. The van der Waals surface area contributed by atoms with Gasteiger partial charge in [0.05, 0.1) is 17.7 Å². The van der Waals surface area contributed by atoms with Crippen LogP contribution >= 0.6 is 0 Å². The van der Waals surface area contributed by atoms with E-state index in [9.17, 15) is 24.9 Å². The highest BCUT2D eigenvalue weighted by Crippen LogP contribution is 2.37. The highest BCUT2D eigenvalue weighted by molar-refractivity contribution is 5.86. The summed E-state index contributed by atoms with van der Waals surface area (Å²) >= 11 is 0. The molecular formula is C33H54N2O5. The zero-order valence-corrected chi connectivity index (χ0v) is 25.2. The van der Waals surface area contributed by atoms with E-state index in [1.807, 2.05) is 44.2 Å². The van der Waals surface area contributed by atoms with Gasteiger partial charge in [-0.15, -0.1) is 0 Å². The van der Waals surface area contributed by atoms with Crippen LogP contribution in [0.3, 0.4) is 0 Å². The molecule has 0 aromatic heterocycles. The Bertz CT molecular complexity index is 905. The van der Waals surface area contributed by atoms with E-state index in [0.29, 0.717) is 37.6 Å². The van der Waals surface area contributed by atoms with E-state index >= 15 is 0 Å². The minimum absolute atomic E-state index is 0.0615. The van der Waals surface area contributed by atoms with Gasteiger partial charge in [0.15, 0.2) is 0 Å². The highest BCUT2D eigenvalue weighted by atomic mass is 16.3. The lowest BCUT2D eigenvalue weighted by atomic mass is 9.82. The van der Waals surface area contributed by atoms with Crippen LogP contribution in [0.25, 0.3) is 0 Å². The van der Waals surface area contributed by atoms with Crippen molar-refractivity contribution < 1.29 is 24.9 Å². The molecule has 0 bridgehead atoms. The van der Waals surface area contributed by atoms with E-state index in [-0.39, 0.29) is 30.7 Å². The van der Waals surface area contributed by atoms with Gasteiger partial charge in [-0.3, -0.25) is 9.59 Å². The van der Waals surface area contributed by atoms with Gasteiger partial charge in [0.1, 0.15) is 6.10 Å². The average molecular weight is 559 g/mol. The second kappa shape index (κ2) is 15.3. The lowest BCUT2D eigenvalue weighted by Gasteiger charge is -2.34. The smallest absolute Gasteiger partial charge is 0.223 e. The number of aliphatic hydroxyl groups is 3. The van der Waals surface area contributed by atoms with Crippen LogP contribution in [0.4, 0.5) is 0 Å². The third-order valence-corrected chi connectivity index (χ3v) is 8.41. The maximum Gasteiger partial charge on any atom is 0.223 e. The molecule has 0 spiro atoms. The number of amides is 2. The summed E-state index contributed by atoms with van der Waals surface area (Å²) in [6, 6.07) is 9.15. The average Bonchev–Trinajstić information content (AvgIpc) is 3.71. The standard InChI is InChI=1S/C33H54N2O5/c1-23(2)17-29(36)31(38)28(19-24-11-7-5-8-12-24)34-32(39)27(18-25-15-16-25)20-30(37)35(22-33(3,4)40)21-26-13-9-6-10-14-26/h6,9-10,13-14,23-25,27-29,31,36,38,40H,5,7-8,11-12,15-22H2,1-4H3,(H,34,39)/t27-,28+,29+,31-/m1/s1. The van der Waals surface area contributed by atoms with Crippen molar-refractivity contribution in [1.29, 1.82) is 0 Å². The molecule has 7 heteroatoms. The van der Waals surface area contributed by atoms with Crippen molar-refractivity contribution in [2.45, 2.75) is 129 Å². The Morgan fingerprint density at radius 3 is 2.17 bits per heavy atom. The first-order valence-corrected chi connectivity index (χ1v) is 15.6. The monoisotopic (exact) mass is 558 g/mol. The largest absolute Gasteiger partial charge is 0.390 e. The zero-order valence-electron chi connectivity index (χ0n) is 25.2. The highest BCUT2D eigenvalue weighted by Gasteiger charge is 2.36. The summed E-state index contributed by atoms with van der Waals surface area (Å²) in [7, 11) is 0. The van der Waals surface area contributed by atoms with Crippen molar-refractivity contribution in [3.05, 3.63) is 35.9 Å². The number of benzene rings is 1. The summed E-state index contributed by atoms with van der Waals surface area (Å²) in [5, 5.41) is 35.6. The molecular weight excluding hydrogens is 504 g/mol. The predicted molar refractivity (Wildman–Crippen MR) is 158 cm³/mol. The quantitative estimate of drug-likeness (QED) is 0.233. The number of aliphatic hydroxyl groups excluding tert-OH is 2. The topological polar surface area (TPSA) is 110 Å². The summed E-state index contributed by atoms with van der Waals surface area (Å²) in [6.07, 6.45) is 7.68. The van der Waals surface area contributed by atoms with Gasteiger partial charge >= 0.3 is 0 Å². The van der Waals surface area contributed by atoms with Gasteiger partial charge < -0.3 is 25.5 Å². The molecule has 2 aliphatic rings. The molecule has 226 valence electrons. The SMILES string of the molecule is CC(C)C[C@H](O)[C@H](O)[C@H](CC1CCCCC1)NC(=O)[C@@H](CC(=O)N(Cc1ccccc1)CC(C)(C)O)CC1CC1. The Morgan fingerprint density at radius 2 is 1.60 bits per heavy atom.